The maximum Gasteiger partial charge on any atom is 0.254 e. The number of ether oxygens (including phenoxy) is 1. The number of nitrogens with zero attached hydrogens (tertiary/aromatic N) is 5. The van der Waals surface area contributed by atoms with E-state index >= 15 is 0 Å². The fourth-order valence-electron chi connectivity index (χ4n) is 4.11. The van der Waals surface area contributed by atoms with Crippen LogP contribution in [0.4, 0.5) is 10.2 Å². The molecule has 9 heteroatoms. The van der Waals surface area contributed by atoms with Crippen molar-refractivity contribution in [3.05, 3.63) is 47.2 Å². The van der Waals surface area contributed by atoms with Crippen LogP contribution in [0.5, 0.6) is 5.88 Å². The molecule has 2 N–H and O–H groups in total. The van der Waals surface area contributed by atoms with Crippen molar-refractivity contribution in [2.45, 2.75) is 45.1 Å². The number of pyridine rings is 1. The van der Waals surface area contributed by atoms with Crippen LogP contribution >= 0.6 is 0 Å². The highest BCUT2D eigenvalue weighted by molar-refractivity contribution is 6.00. The molecule has 1 saturated heterocycles. The number of carbonyl (C=O) groups is 1. The lowest BCUT2D eigenvalue weighted by molar-refractivity contribution is 0.100. The molecule has 4 rings (SSSR count). The highest BCUT2D eigenvalue weighted by Crippen LogP contribution is 2.39. The van der Waals surface area contributed by atoms with Crippen LogP contribution in [0.25, 0.3) is 5.65 Å². The van der Waals surface area contributed by atoms with Crippen LogP contribution in [0.15, 0.2) is 24.5 Å². The highest BCUT2D eigenvalue weighted by Gasteiger charge is 2.31. The lowest BCUT2D eigenvalue weighted by atomic mass is 10.1. The van der Waals surface area contributed by atoms with E-state index in [0.717, 1.165) is 38.4 Å². The number of aromatic nitrogens is 4. The molecule has 8 nitrogen and oxygen atoms in total. The molecule has 1 aliphatic heterocycles. The first-order valence-electron chi connectivity index (χ1n) is 10.2. The number of nitrogens with two attached hydrogens (primary N) is 1. The van der Waals surface area contributed by atoms with Gasteiger partial charge in [-0.05, 0) is 37.8 Å². The largest absolute Gasteiger partial charge is 0.481 e. The summed E-state index contributed by atoms with van der Waals surface area (Å²) in [6.07, 6.45) is 7.25. The van der Waals surface area contributed by atoms with Crippen molar-refractivity contribution in [1.29, 1.82) is 0 Å². The fourth-order valence-corrected chi connectivity index (χ4v) is 4.11. The van der Waals surface area contributed by atoms with Gasteiger partial charge in [-0.3, -0.25) is 4.79 Å². The molecule has 1 amide bonds. The van der Waals surface area contributed by atoms with E-state index in [1.807, 2.05) is 6.07 Å². The topological polar surface area (TPSA) is 98.6 Å². The zero-order valence-electron chi connectivity index (χ0n) is 17.1. The van der Waals surface area contributed by atoms with E-state index in [9.17, 15) is 9.18 Å². The van der Waals surface area contributed by atoms with Gasteiger partial charge < -0.3 is 15.4 Å². The Morgan fingerprint density at radius 1 is 1.43 bits per heavy atom. The number of methoxy groups -OCH3 is 1. The molecule has 158 valence electrons. The van der Waals surface area contributed by atoms with Gasteiger partial charge in [-0.2, -0.15) is 5.10 Å². The van der Waals surface area contributed by atoms with Crippen molar-refractivity contribution in [3.8, 4) is 5.88 Å². The number of carbonyl (C=O) groups excluding carboxylic acids is 1. The van der Waals surface area contributed by atoms with E-state index in [4.69, 9.17) is 15.5 Å². The lowest BCUT2D eigenvalue weighted by Gasteiger charge is -2.26. The second kappa shape index (κ2) is 8.25. The summed E-state index contributed by atoms with van der Waals surface area (Å²) in [5.74, 6) is 0.141. The van der Waals surface area contributed by atoms with Gasteiger partial charge in [0, 0.05) is 18.3 Å². The first-order chi connectivity index (χ1) is 14.5. The number of unbranched alkanes of at least 4 members (excludes halogenated alkanes) is 1. The van der Waals surface area contributed by atoms with Crippen LogP contribution in [-0.2, 0) is 6.42 Å². The Morgan fingerprint density at radius 2 is 2.27 bits per heavy atom. The van der Waals surface area contributed by atoms with Gasteiger partial charge >= 0.3 is 0 Å². The molecule has 0 saturated carbocycles. The number of amides is 1. The number of primary amides is 1. The fraction of sp³-hybridized carbons (Fsp3) is 0.429. The number of aryl methyl sites for hydroxylation is 1. The maximum atomic E-state index is 13.9. The van der Waals surface area contributed by atoms with Crippen LogP contribution < -0.4 is 15.4 Å². The molecule has 0 radical (unpaired) electrons. The Morgan fingerprint density at radius 3 is 3.00 bits per heavy atom. The molecule has 0 aliphatic carbocycles. The van der Waals surface area contributed by atoms with E-state index in [0.29, 0.717) is 40.6 Å². The first-order valence-corrected chi connectivity index (χ1v) is 10.2. The molecular formula is C21H25FN6O2. The summed E-state index contributed by atoms with van der Waals surface area (Å²) >= 11 is 0. The van der Waals surface area contributed by atoms with Gasteiger partial charge in [0.25, 0.3) is 5.91 Å². The van der Waals surface area contributed by atoms with Crippen LogP contribution in [0, 0.1) is 5.82 Å². The summed E-state index contributed by atoms with van der Waals surface area (Å²) in [5.41, 5.74) is 7.83. The minimum absolute atomic E-state index is 0.127. The zero-order valence-corrected chi connectivity index (χ0v) is 17.1. The number of hydrogen-bond donors (Lipinski definition) is 1. The van der Waals surface area contributed by atoms with Crippen LogP contribution in [-0.4, -0.2) is 39.1 Å². The number of anilines is 1. The molecule has 4 heterocycles. The van der Waals surface area contributed by atoms with Crippen LogP contribution in [0.3, 0.4) is 0 Å². The summed E-state index contributed by atoms with van der Waals surface area (Å²) in [7, 11) is 1.52. The quantitative estimate of drug-likeness (QED) is 0.640. The highest BCUT2D eigenvalue weighted by atomic mass is 19.1. The van der Waals surface area contributed by atoms with Gasteiger partial charge in [0.1, 0.15) is 17.2 Å². The summed E-state index contributed by atoms with van der Waals surface area (Å²) in [4.78, 5) is 23.0. The SMILES string of the molecule is CCCCc1nn2ccc(N3CCCC3c3cc(F)cnc3OC)nc2c1C(N)=O. The minimum Gasteiger partial charge on any atom is -0.481 e. The third-order valence-corrected chi connectivity index (χ3v) is 5.50. The Balaban J connectivity index is 1.76. The van der Waals surface area contributed by atoms with Crippen molar-refractivity contribution >= 4 is 17.4 Å². The molecule has 1 fully saturated rings. The Labute approximate surface area is 173 Å². The molecular weight excluding hydrogens is 387 g/mol. The van der Waals surface area contributed by atoms with Crippen molar-refractivity contribution in [2.75, 3.05) is 18.6 Å². The molecule has 0 aromatic carbocycles. The predicted octanol–water partition coefficient (Wildman–Crippen LogP) is 3.06. The molecule has 1 atom stereocenters. The van der Waals surface area contributed by atoms with Crippen molar-refractivity contribution in [1.82, 2.24) is 19.6 Å². The van der Waals surface area contributed by atoms with Gasteiger partial charge in [0.05, 0.1) is 25.0 Å². The monoisotopic (exact) mass is 412 g/mol. The minimum atomic E-state index is -0.533. The molecule has 1 aliphatic rings. The van der Waals surface area contributed by atoms with Crippen LogP contribution in [0.2, 0.25) is 0 Å². The van der Waals surface area contributed by atoms with E-state index in [2.05, 4.69) is 21.9 Å². The summed E-state index contributed by atoms with van der Waals surface area (Å²) in [5, 5.41) is 4.51. The van der Waals surface area contributed by atoms with E-state index < -0.39 is 11.7 Å². The summed E-state index contributed by atoms with van der Waals surface area (Å²) in [6.45, 7) is 2.83. The molecule has 0 spiro atoms. The molecule has 30 heavy (non-hydrogen) atoms. The third kappa shape index (κ3) is 3.55. The maximum absolute atomic E-state index is 13.9. The van der Waals surface area contributed by atoms with E-state index in [1.54, 1.807) is 10.7 Å². The van der Waals surface area contributed by atoms with Gasteiger partial charge in [0.2, 0.25) is 5.88 Å². The molecule has 3 aromatic rings. The average Bonchev–Trinajstić information content (AvgIpc) is 3.36. The first kappa shape index (κ1) is 20.1. The number of hydrogen-bond acceptors (Lipinski definition) is 6. The summed E-state index contributed by atoms with van der Waals surface area (Å²) in [6, 6.07) is 3.19. The third-order valence-electron chi connectivity index (χ3n) is 5.50. The Bertz CT molecular complexity index is 1080. The van der Waals surface area contributed by atoms with E-state index in [-0.39, 0.29) is 6.04 Å². The Kier molecular flexibility index (Phi) is 5.52. The second-order valence-corrected chi connectivity index (χ2v) is 7.45. The van der Waals surface area contributed by atoms with Gasteiger partial charge in [-0.1, -0.05) is 13.3 Å². The van der Waals surface area contributed by atoms with Gasteiger partial charge in [0.15, 0.2) is 5.65 Å². The van der Waals surface area contributed by atoms with Crippen molar-refractivity contribution < 1.29 is 13.9 Å². The number of fused-ring (bicyclic) bond motifs is 1. The van der Waals surface area contributed by atoms with Crippen molar-refractivity contribution in [3.63, 3.8) is 0 Å². The zero-order chi connectivity index (χ0) is 21.3. The second-order valence-electron chi connectivity index (χ2n) is 7.45. The molecule has 1 unspecified atom stereocenters. The normalized spacial score (nSPS) is 16.4. The Hall–Kier alpha value is -3.23. The standard InChI is InChI=1S/C21H25FN6O2/c1-3-4-6-15-18(19(23)29)20-25-17(8-10-28(20)26-15)27-9-5-7-16(27)14-11-13(22)12-24-21(14)30-2/h8,10-12,16H,3-7,9H2,1-2H3,(H2,23,29). The smallest absolute Gasteiger partial charge is 0.254 e. The number of rotatable bonds is 7. The predicted molar refractivity (Wildman–Crippen MR) is 110 cm³/mol. The molecule has 0 bridgehead atoms. The molecule has 3 aromatic heterocycles. The van der Waals surface area contributed by atoms with Gasteiger partial charge in [-0.25, -0.2) is 18.9 Å². The lowest BCUT2D eigenvalue weighted by Crippen LogP contribution is -2.24. The number of halogens is 1. The summed E-state index contributed by atoms with van der Waals surface area (Å²) < 4.78 is 20.9. The van der Waals surface area contributed by atoms with E-state index in [1.165, 1.54) is 13.2 Å². The van der Waals surface area contributed by atoms with Crippen LogP contribution in [0.1, 0.15) is 60.3 Å². The van der Waals surface area contributed by atoms with Crippen molar-refractivity contribution in [2.24, 2.45) is 5.73 Å². The van der Waals surface area contributed by atoms with Gasteiger partial charge in [-0.15, -0.1) is 0 Å². The average molecular weight is 412 g/mol.